The third-order valence-electron chi connectivity index (χ3n) is 2.30. The van der Waals surface area contributed by atoms with Crippen molar-refractivity contribution in [2.75, 3.05) is 31.3 Å². The molecule has 6 heteroatoms. The van der Waals surface area contributed by atoms with E-state index in [4.69, 9.17) is 4.74 Å². The summed E-state index contributed by atoms with van der Waals surface area (Å²) in [6.45, 7) is 2.10. The number of carbonyl (C=O) groups excluding carboxylic acids is 2. The normalized spacial score (nSPS) is 20.6. The molecule has 14 heavy (non-hydrogen) atoms. The van der Waals surface area contributed by atoms with Gasteiger partial charge < -0.3 is 9.64 Å². The highest BCUT2D eigenvalue weighted by atomic mass is 32.2. The van der Waals surface area contributed by atoms with Crippen LogP contribution >= 0.6 is 11.8 Å². The van der Waals surface area contributed by atoms with Gasteiger partial charge in [-0.2, -0.15) is 0 Å². The molecule has 0 unspecified atom stereocenters. The van der Waals surface area contributed by atoms with E-state index in [1.165, 1.54) is 4.90 Å². The second-order valence-electron chi connectivity index (χ2n) is 3.28. The lowest BCUT2D eigenvalue weighted by Gasteiger charge is -2.29. The molecule has 0 aliphatic carbocycles. The lowest BCUT2D eigenvalue weighted by atomic mass is 10.2. The van der Waals surface area contributed by atoms with Crippen LogP contribution in [0, 0.1) is 0 Å². The molecule has 0 aromatic carbocycles. The standard InChI is InChI=1S/C8H12N2O3S/c11-7(9-2-1-3-9)13-8(12)10-4-5-14-6-10/h1-6H2. The molecule has 0 radical (unpaired) electrons. The molecule has 0 N–H and O–H groups in total. The van der Waals surface area contributed by atoms with Gasteiger partial charge in [0, 0.05) is 25.4 Å². The zero-order valence-electron chi connectivity index (χ0n) is 7.77. The fourth-order valence-corrected chi connectivity index (χ4v) is 2.19. The fourth-order valence-electron chi connectivity index (χ4n) is 1.26. The molecular formula is C8H12N2O3S. The highest BCUT2D eigenvalue weighted by Crippen LogP contribution is 2.15. The van der Waals surface area contributed by atoms with Crippen molar-refractivity contribution in [1.82, 2.24) is 9.80 Å². The maximum Gasteiger partial charge on any atom is 0.419 e. The van der Waals surface area contributed by atoms with Gasteiger partial charge in [-0.3, -0.25) is 4.90 Å². The molecule has 0 spiro atoms. The van der Waals surface area contributed by atoms with Crippen LogP contribution in [0.4, 0.5) is 9.59 Å². The third kappa shape index (κ3) is 1.95. The second kappa shape index (κ2) is 4.08. The van der Waals surface area contributed by atoms with Crippen LogP contribution in [-0.4, -0.2) is 53.3 Å². The van der Waals surface area contributed by atoms with E-state index in [1.54, 1.807) is 16.7 Å². The Balaban J connectivity index is 1.78. The molecule has 78 valence electrons. The smallest absolute Gasteiger partial charge is 0.359 e. The minimum atomic E-state index is -0.507. The number of likely N-dealkylation sites (tertiary alicyclic amines) is 1. The molecule has 0 saturated carbocycles. The van der Waals surface area contributed by atoms with Crippen LogP contribution in [0.2, 0.25) is 0 Å². The summed E-state index contributed by atoms with van der Waals surface area (Å²) in [6, 6.07) is 0. The summed E-state index contributed by atoms with van der Waals surface area (Å²) in [5, 5.41) is 0. The third-order valence-corrected chi connectivity index (χ3v) is 3.27. The van der Waals surface area contributed by atoms with E-state index >= 15 is 0 Å². The van der Waals surface area contributed by atoms with Gasteiger partial charge in [0.2, 0.25) is 0 Å². The number of carbonyl (C=O) groups is 2. The fraction of sp³-hybridized carbons (Fsp3) is 0.750. The molecule has 2 fully saturated rings. The van der Waals surface area contributed by atoms with Crippen LogP contribution in [0.25, 0.3) is 0 Å². The molecule has 2 saturated heterocycles. The molecule has 0 aromatic heterocycles. The minimum Gasteiger partial charge on any atom is -0.359 e. The Morgan fingerprint density at radius 2 is 1.79 bits per heavy atom. The predicted octanol–water partition coefficient (Wildman–Crippen LogP) is 0.955. The number of rotatable bonds is 0. The average Bonchev–Trinajstić information content (AvgIpc) is 2.51. The molecule has 0 atom stereocenters. The van der Waals surface area contributed by atoms with Crippen molar-refractivity contribution in [1.29, 1.82) is 0 Å². The monoisotopic (exact) mass is 216 g/mol. The van der Waals surface area contributed by atoms with Gasteiger partial charge in [-0.15, -0.1) is 11.8 Å². The number of hydrogen-bond donors (Lipinski definition) is 0. The topological polar surface area (TPSA) is 49.9 Å². The Morgan fingerprint density at radius 1 is 1.07 bits per heavy atom. The van der Waals surface area contributed by atoms with Crippen LogP contribution in [0.3, 0.4) is 0 Å². The molecule has 2 aliphatic rings. The molecule has 5 nitrogen and oxygen atoms in total. The lowest BCUT2D eigenvalue weighted by molar-refractivity contribution is 0.0843. The molecule has 0 aromatic rings. The van der Waals surface area contributed by atoms with Crippen LogP contribution in [0.15, 0.2) is 0 Å². The zero-order chi connectivity index (χ0) is 9.97. The maximum atomic E-state index is 11.3. The maximum absolute atomic E-state index is 11.3. The Kier molecular flexibility index (Phi) is 2.81. The van der Waals surface area contributed by atoms with E-state index < -0.39 is 12.2 Å². The summed E-state index contributed by atoms with van der Waals surface area (Å²) < 4.78 is 4.70. The average molecular weight is 216 g/mol. The summed E-state index contributed by atoms with van der Waals surface area (Å²) >= 11 is 1.67. The summed E-state index contributed by atoms with van der Waals surface area (Å²) in [7, 11) is 0. The number of hydrogen-bond acceptors (Lipinski definition) is 4. The van der Waals surface area contributed by atoms with Gasteiger partial charge in [0.15, 0.2) is 0 Å². The van der Waals surface area contributed by atoms with Gasteiger partial charge in [0.05, 0.1) is 5.88 Å². The quantitative estimate of drug-likeness (QED) is 0.566. The van der Waals surface area contributed by atoms with Crippen molar-refractivity contribution >= 4 is 23.9 Å². The zero-order valence-corrected chi connectivity index (χ0v) is 8.59. The summed E-state index contributed by atoms with van der Waals surface area (Å²) in [5.41, 5.74) is 0. The second-order valence-corrected chi connectivity index (χ2v) is 4.35. The van der Waals surface area contributed by atoms with Crippen LogP contribution in [0.1, 0.15) is 6.42 Å². The van der Waals surface area contributed by atoms with Gasteiger partial charge in [-0.1, -0.05) is 0 Å². The number of nitrogens with zero attached hydrogens (tertiary/aromatic N) is 2. The van der Waals surface area contributed by atoms with Gasteiger partial charge in [0.25, 0.3) is 0 Å². The largest absolute Gasteiger partial charge is 0.419 e. The number of amides is 2. The first-order chi connectivity index (χ1) is 6.77. The highest BCUT2D eigenvalue weighted by Gasteiger charge is 2.27. The molecule has 2 heterocycles. The molecule has 2 aliphatic heterocycles. The Labute approximate surface area is 86.4 Å². The first-order valence-corrected chi connectivity index (χ1v) is 5.76. The van der Waals surface area contributed by atoms with E-state index in [9.17, 15) is 9.59 Å². The van der Waals surface area contributed by atoms with Crippen molar-refractivity contribution < 1.29 is 14.3 Å². The Bertz CT molecular complexity index is 249. The summed E-state index contributed by atoms with van der Waals surface area (Å²) in [5.74, 6) is 1.55. The molecule has 2 amide bonds. The van der Waals surface area contributed by atoms with Crippen molar-refractivity contribution in [3.8, 4) is 0 Å². The number of thioether (sulfide) groups is 1. The SMILES string of the molecule is O=C(OC(=O)N1CCSC1)N1CCC1. The summed E-state index contributed by atoms with van der Waals surface area (Å²) in [4.78, 5) is 25.7. The van der Waals surface area contributed by atoms with E-state index in [-0.39, 0.29) is 0 Å². The molecule has 0 bridgehead atoms. The van der Waals surface area contributed by atoms with Gasteiger partial charge in [-0.05, 0) is 6.42 Å². The van der Waals surface area contributed by atoms with Crippen molar-refractivity contribution in [3.05, 3.63) is 0 Å². The van der Waals surface area contributed by atoms with Crippen molar-refractivity contribution in [3.63, 3.8) is 0 Å². The first kappa shape index (κ1) is 9.64. The van der Waals surface area contributed by atoms with Gasteiger partial charge >= 0.3 is 12.2 Å². The van der Waals surface area contributed by atoms with Gasteiger partial charge in [0.1, 0.15) is 0 Å². The van der Waals surface area contributed by atoms with E-state index in [0.29, 0.717) is 25.5 Å². The number of ether oxygens (including phenoxy) is 1. The minimum absolute atomic E-state index is 0.502. The predicted molar refractivity (Wildman–Crippen MR) is 52.1 cm³/mol. The van der Waals surface area contributed by atoms with E-state index in [0.717, 1.165) is 12.2 Å². The Hall–Kier alpha value is -0.910. The molecular weight excluding hydrogens is 204 g/mol. The molecule has 2 rings (SSSR count). The van der Waals surface area contributed by atoms with Crippen LogP contribution < -0.4 is 0 Å². The van der Waals surface area contributed by atoms with E-state index in [1.807, 2.05) is 0 Å². The van der Waals surface area contributed by atoms with Crippen LogP contribution in [0.5, 0.6) is 0 Å². The Morgan fingerprint density at radius 3 is 2.29 bits per heavy atom. The van der Waals surface area contributed by atoms with E-state index in [2.05, 4.69) is 0 Å². The summed E-state index contributed by atoms with van der Waals surface area (Å²) in [6.07, 6.45) is -0.00638. The van der Waals surface area contributed by atoms with Gasteiger partial charge in [-0.25, -0.2) is 9.59 Å². The van der Waals surface area contributed by atoms with Crippen molar-refractivity contribution in [2.24, 2.45) is 0 Å². The van der Waals surface area contributed by atoms with Crippen LogP contribution in [-0.2, 0) is 4.74 Å². The lowest BCUT2D eigenvalue weighted by Crippen LogP contribution is -2.44. The first-order valence-electron chi connectivity index (χ1n) is 4.61. The highest BCUT2D eigenvalue weighted by molar-refractivity contribution is 7.99. The van der Waals surface area contributed by atoms with Crippen molar-refractivity contribution in [2.45, 2.75) is 6.42 Å².